The second-order valence-corrected chi connectivity index (χ2v) is 17.4. The van der Waals surface area contributed by atoms with E-state index < -0.39 is 0 Å². The summed E-state index contributed by atoms with van der Waals surface area (Å²) in [6.07, 6.45) is 37.7. The van der Waals surface area contributed by atoms with Gasteiger partial charge in [-0.2, -0.15) is 0 Å². The van der Waals surface area contributed by atoms with E-state index in [1.165, 1.54) is 136 Å². The predicted octanol–water partition coefficient (Wildman–Crippen LogP) is 10.4. The average Bonchev–Trinajstić information content (AvgIpc) is 2.99. The van der Waals surface area contributed by atoms with Crippen LogP contribution in [-0.4, -0.2) is 53.7 Å². The molecule has 6 atom stereocenters. The van der Waals surface area contributed by atoms with Crippen molar-refractivity contribution >= 4 is 29.7 Å². The maximum Gasteiger partial charge on any atom is 0.129 e. The Hall–Kier alpha value is 0.220. The molecule has 5 heteroatoms. The molecule has 0 aromatic heterocycles. The van der Waals surface area contributed by atoms with Crippen LogP contribution in [-0.2, 0) is 0 Å². The maximum atomic E-state index is 2.88. The van der Waals surface area contributed by atoms with Gasteiger partial charge in [-0.25, -0.2) is 0 Å². The first-order valence-corrected chi connectivity index (χ1v) is 20.7. The van der Waals surface area contributed by atoms with E-state index in [1.54, 1.807) is 59.5 Å². The highest BCUT2D eigenvalue weighted by molar-refractivity contribution is 6.41. The zero-order chi connectivity index (χ0) is 30.3. The highest BCUT2D eigenvalue weighted by Gasteiger charge is 2.35. The Balaban J connectivity index is 1.25. The Morgan fingerprint density at radius 1 is 0.535 bits per heavy atom. The van der Waals surface area contributed by atoms with Crippen molar-refractivity contribution in [3.63, 3.8) is 0 Å². The van der Waals surface area contributed by atoms with Gasteiger partial charge in [0.2, 0.25) is 0 Å². The Morgan fingerprint density at radius 3 is 1.49 bits per heavy atom. The number of likely N-dealkylation sites (tertiary alicyclic amines) is 1. The van der Waals surface area contributed by atoms with E-state index in [0.717, 1.165) is 40.9 Å². The summed E-state index contributed by atoms with van der Waals surface area (Å²) in [4.78, 5) is 2.88. The fourth-order valence-corrected chi connectivity index (χ4v) is 11.1. The highest BCUT2D eigenvalue weighted by atomic mass is 15.2. The molecule has 4 aliphatic rings. The molecule has 0 spiro atoms. The number of piperidine rings is 1. The normalized spacial score (nSPS) is 35.2. The van der Waals surface area contributed by atoms with Crippen LogP contribution in [0.15, 0.2) is 0 Å². The molecule has 0 bridgehead atoms. The van der Waals surface area contributed by atoms with Crippen molar-refractivity contribution in [2.45, 2.75) is 228 Å². The molecular formula is C38H75B4N. The summed E-state index contributed by atoms with van der Waals surface area (Å²) < 4.78 is 0. The van der Waals surface area contributed by atoms with Crippen molar-refractivity contribution in [1.82, 2.24) is 4.90 Å². The fourth-order valence-electron chi connectivity index (χ4n) is 11.1. The van der Waals surface area contributed by atoms with Crippen LogP contribution in [0.3, 0.4) is 0 Å². The summed E-state index contributed by atoms with van der Waals surface area (Å²) >= 11 is 0. The van der Waals surface area contributed by atoms with Crippen molar-refractivity contribution < 1.29 is 0 Å². The standard InChI is InChI=1S/C38H75B4N/c1-4-37(5-2)43-27-17-24-36(30-43)42-35-23-16-22-34(28-38(39,6-3)29-35)41-33-21-15-14-20-32(25-26-33)40-31-18-12-10-8-7-9-11-13-19-31/h31-37,40-42H,4-30,39H2,1-3H3. The van der Waals surface area contributed by atoms with Crippen LogP contribution >= 0.6 is 0 Å². The van der Waals surface area contributed by atoms with Gasteiger partial charge in [-0.15, -0.1) is 0 Å². The van der Waals surface area contributed by atoms with Gasteiger partial charge in [0.1, 0.15) is 29.7 Å². The zero-order valence-electron chi connectivity index (χ0n) is 30.2. The van der Waals surface area contributed by atoms with E-state index in [4.69, 9.17) is 0 Å². The van der Waals surface area contributed by atoms with Gasteiger partial charge in [0, 0.05) is 6.04 Å². The first-order chi connectivity index (χ1) is 21.0. The van der Waals surface area contributed by atoms with Crippen LogP contribution in [0.25, 0.3) is 0 Å². The molecule has 0 aromatic carbocycles. The third-order valence-electron chi connectivity index (χ3n) is 13.8. The predicted molar refractivity (Wildman–Crippen MR) is 203 cm³/mol. The highest BCUT2D eigenvalue weighted by Crippen LogP contribution is 2.50. The van der Waals surface area contributed by atoms with E-state index in [-0.39, 0.29) is 0 Å². The molecule has 0 aromatic rings. The van der Waals surface area contributed by atoms with Gasteiger partial charge in [0.05, 0.1) is 0 Å². The number of hydrogen-bond acceptors (Lipinski definition) is 1. The lowest BCUT2D eigenvalue weighted by atomic mass is 9.40. The molecule has 1 heterocycles. The molecule has 4 rings (SSSR count). The summed E-state index contributed by atoms with van der Waals surface area (Å²) in [7, 11) is 7.40. The van der Waals surface area contributed by atoms with Gasteiger partial charge >= 0.3 is 0 Å². The van der Waals surface area contributed by atoms with Crippen LogP contribution in [0.4, 0.5) is 0 Å². The lowest BCUT2D eigenvalue weighted by molar-refractivity contribution is 0.154. The largest absolute Gasteiger partial charge is 0.301 e. The molecule has 0 N–H and O–H groups in total. The fraction of sp³-hybridized carbons (Fsp3) is 1.00. The summed E-state index contributed by atoms with van der Waals surface area (Å²) in [5.41, 5.74) is 0. The quantitative estimate of drug-likeness (QED) is 0.229. The molecule has 1 nitrogen and oxygen atoms in total. The number of rotatable bonds is 10. The minimum atomic E-state index is 0.583. The third kappa shape index (κ3) is 12.7. The first-order valence-electron chi connectivity index (χ1n) is 20.7. The average molecular weight is 589 g/mol. The molecule has 0 radical (unpaired) electrons. The van der Waals surface area contributed by atoms with E-state index in [9.17, 15) is 0 Å². The summed E-state index contributed by atoms with van der Waals surface area (Å²) in [6, 6.07) is 0.834. The lowest BCUT2D eigenvalue weighted by Gasteiger charge is -2.42. The molecule has 1 aliphatic heterocycles. The molecule has 244 valence electrons. The zero-order valence-corrected chi connectivity index (χ0v) is 30.2. The summed E-state index contributed by atoms with van der Waals surface area (Å²) in [5, 5.41) is 0.583. The molecule has 3 aliphatic carbocycles. The molecule has 6 unspecified atom stereocenters. The molecule has 3 saturated carbocycles. The van der Waals surface area contributed by atoms with Gasteiger partial charge in [-0.3, -0.25) is 0 Å². The van der Waals surface area contributed by atoms with Crippen molar-refractivity contribution in [3.05, 3.63) is 0 Å². The van der Waals surface area contributed by atoms with Gasteiger partial charge in [0.25, 0.3) is 0 Å². The van der Waals surface area contributed by atoms with Crippen molar-refractivity contribution in [2.75, 3.05) is 13.1 Å². The third-order valence-corrected chi connectivity index (χ3v) is 13.8. The minimum absolute atomic E-state index is 0.583. The number of hydrogen-bond donors (Lipinski definition) is 0. The van der Waals surface area contributed by atoms with E-state index in [0.29, 0.717) is 5.31 Å². The van der Waals surface area contributed by atoms with Crippen molar-refractivity contribution in [3.8, 4) is 0 Å². The Kier molecular flexibility index (Phi) is 16.6. The van der Waals surface area contributed by atoms with Crippen LogP contribution in [0.2, 0.25) is 40.2 Å². The van der Waals surface area contributed by atoms with Crippen LogP contribution in [0.5, 0.6) is 0 Å². The summed E-state index contributed by atoms with van der Waals surface area (Å²) in [5.74, 6) is 6.10. The Morgan fingerprint density at radius 2 is 0.953 bits per heavy atom. The Labute approximate surface area is 274 Å². The minimum Gasteiger partial charge on any atom is -0.301 e. The molecule has 0 amide bonds. The van der Waals surface area contributed by atoms with Gasteiger partial charge in [-0.05, 0) is 32.4 Å². The monoisotopic (exact) mass is 590 g/mol. The van der Waals surface area contributed by atoms with Crippen LogP contribution in [0, 0.1) is 0 Å². The molecule has 43 heavy (non-hydrogen) atoms. The van der Waals surface area contributed by atoms with E-state index in [1.807, 2.05) is 0 Å². The SMILES string of the molecule is BC1(CC)CC(BC2CCCCC(BC3CCCCCCCCC3)CC2)CCCC(BC2CCCN(C(CC)CC)C2)C1. The molecule has 4 fully saturated rings. The van der Waals surface area contributed by atoms with Gasteiger partial charge < -0.3 is 4.90 Å². The maximum absolute atomic E-state index is 2.88. The van der Waals surface area contributed by atoms with Crippen molar-refractivity contribution in [2.24, 2.45) is 0 Å². The topological polar surface area (TPSA) is 3.24 Å². The Bertz CT molecular complexity index is 721. The molecule has 1 saturated heterocycles. The lowest BCUT2D eigenvalue weighted by Crippen LogP contribution is -2.42. The number of nitrogens with zero attached hydrogens (tertiary/aromatic N) is 1. The summed E-state index contributed by atoms with van der Waals surface area (Å²) in [6.45, 7) is 10.1. The smallest absolute Gasteiger partial charge is 0.129 e. The van der Waals surface area contributed by atoms with Crippen molar-refractivity contribution in [1.29, 1.82) is 0 Å². The van der Waals surface area contributed by atoms with Crippen LogP contribution in [0.1, 0.15) is 181 Å². The van der Waals surface area contributed by atoms with E-state index >= 15 is 0 Å². The van der Waals surface area contributed by atoms with Crippen LogP contribution < -0.4 is 0 Å². The van der Waals surface area contributed by atoms with Gasteiger partial charge in [-0.1, -0.05) is 202 Å². The van der Waals surface area contributed by atoms with Gasteiger partial charge in [0.15, 0.2) is 0 Å². The second kappa shape index (κ2) is 19.8. The second-order valence-electron chi connectivity index (χ2n) is 17.4. The first kappa shape index (κ1) is 36.1. The van der Waals surface area contributed by atoms with E-state index in [2.05, 4.69) is 33.5 Å². The molecular weight excluding hydrogens is 514 g/mol.